The topological polar surface area (TPSA) is 170 Å². The summed E-state index contributed by atoms with van der Waals surface area (Å²) in [6.45, 7) is -1.35. The molecule has 16 heteroatoms. The van der Waals surface area contributed by atoms with E-state index in [9.17, 15) is 29.1 Å². The van der Waals surface area contributed by atoms with Gasteiger partial charge in [-0.05, 0) is 0 Å². The fraction of sp³-hybridized carbons (Fsp3) is 1.00. The summed E-state index contributed by atoms with van der Waals surface area (Å²) in [7, 11) is 1.52. The minimum Gasteiger partial charge on any atom is -0.388 e. The standard InChI is InChI=1S/C10H16B2O12P2/c11-9-5(13)7-3(21-9)1-19-25(15,16)24-8-4(22-10(12)6(8)14)2-20-26(17,18)23-7/h3-10,13-14H,1-2H2,(H,15,16)(H,17,18)/t3-,4-,5+,6+,7?,8?,9-,10-/m1/s1. The van der Waals surface area contributed by atoms with E-state index < -0.39 is 77.5 Å². The molecule has 3 saturated heterocycles. The molecule has 10 atom stereocenters. The maximum absolute atomic E-state index is 12.1. The van der Waals surface area contributed by atoms with Crippen molar-refractivity contribution in [1.29, 1.82) is 0 Å². The van der Waals surface area contributed by atoms with Crippen LogP contribution in [0.25, 0.3) is 0 Å². The first-order valence-corrected chi connectivity index (χ1v) is 10.5. The maximum Gasteiger partial charge on any atom is 0.472 e. The highest BCUT2D eigenvalue weighted by Crippen LogP contribution is 2.51. The lowest BCUT2D eigenvalue weighted by Crippen LogP contribution is -2.39. The average molecular weight is 412 g/mol. The van der Waals surface area contributed by atoms with Crippen LogP contribution >= 0.6 is 15.6 Å². The van der Waals surface area contributed by atoms with Gasteiger partial charge in [0, 0.05) is 12.0 Å². The minimum atomic E-state index is -4.73. The molecule has 4 unspecified atom stereocenters. The van der Waals surface area contributed by atoms with Gasteiger partial charge in [0.2, 0.25) is 0 Å². The summed E-state index contributed by atoms with van der Waals surface area (Å²) in [5.41, 5.74) is 0. The van der Waals surface area contributed by atoms with E-state index in [0.29, 0.717) is 0 Å². The maximum atomic E-state index is 12.1. The Morgan fingerprint density at radius 1 is 0.769 bits per heavy atom. The predicted molar refractivity (Wildman–Crippen MR) is 82.1 cm³/mol. The van der Waals surface area contributed by atoms with Crippen LogP contribution in [0.15, 0.2) is 0 Å². The zero-order chi connectivity index (χ0) is 19.3. The van der Waals surface area contributed by atoms with Crippen molar-refractivity contribution < 1.29 is 56.7 Å². The van der Waals surface area contributed by atoms with Crippen LogP contribution in [0.2, 0.25) is 0 Å². The lowest BCUT2D eigenvalue weighted by Gasteiger charge is -2.28. The zero-order valence-corrected chi connectivity index (χ0v) is 14.9. The van der Waals surface area contributed by atoms with Crippen LogP contribution in [0.3, 0.4) is 0 Å². The molecule has 0 bridgehead atoms. The zero-order valence-electron chi connectivity index (χ0n) is 13.1. The molecule has 3 fully saturated rings. The van der Waals surface area contributed by atoms with E-state index in [-0.39, 0.29) is 0 Å². The summed E-state index contributed by atoms with van der Waals surface area (Å²) >= 11 is 0. The van der Waals surface area contributed by atoms with E-state index in [1.54, 1.807) is 0 Å². The summed E-state index contributed by atoms with van der Waals surface area (Å²) in [4.78, 5) is 19.7. The summed E-state index contributed by atoms with van der Waals surface area (Å²) in [5, 5.41) is 19.8. The van der Waals surface area contributed by atoms with Crippen LogP contribution in [0, 0.1) is 0 Å². The number of fused-ring (bicyclic) bond motifs is 2. The van der Waals surface area contributed by atoms with E-state index in [1.165, 1.54) is 0 Å². The van der Waals surface area contributed by atoms with Crippen molar-refractivity contribution in [1.82, 2.24) is 0 Å². The van der Waals surface area contributed by atoms with Gasteiger partial charge >= 0.3 is 15.6 Å². The molecule has 12 nitrogen and oxygen atoms in total. The van der Waals surface area contributed by atoms with Crippen LogP contribution in [0.5, 0.6) is 0 Å². The van der Waals surface area contributed by atoms with Gasteiger partial charge in [-0.3, -0.25) is 18.1 Å². The van der Waals surface area contributed by atoms with Gasteiger partial charge in [0.1, 0.15) is 52.3 Å². The van der Waals surface area contributed by atoms with Gasteiger partial charge in [-0.2, -0.15) is 0 Å². The molecular formula is C10H16B2O12P2. The Hall–Kier alpha value is 0.190. The second-order valence-electron chi connectivity index (χ2n) is 5.93. The summed E-state index contributed by atoms with van der Waals surface area (Å²) in [6, 6.07) is -2.58. The van der Waals surface area contributed by atoms with Crippen molar-refractivity contribution in [3.05, 3.63) is 0 Å². The Labute approximate surface area is 150 Å². The van der Waals surface area contributed by atoms with E-state index in [0.717, 1.165) is 0 Å². The average Bonchev–Trinajstić information content (AvgIpc) is 2.95. The first kappa shape index (κ1) is 20.9. The molecule has 3 aliphatic heterocycles. The third kappa shape index (κ3) is 4.43. The van der Waals surface area contributed by atoms with Gasteiger partial charge in [-0.1, -0.05) is 0 Å². The minimum absolute atomic E-state index is 0.677. The molecule has 4 N–H and O–H groups in total. The molecule has 0 spiro atoms. The molecule has 0 amide bonds. The fourth-order valence-electron chi connectivity index (χ4n) is 2.77. The second-order valence-corrected chi connectivity index (χ2v) is 8.74. The van der Waals surface area contributed by atoms with Gasteiger partial charge in [0.05, 0.1) is 13.2 Å². The van der Waals surface area contributed by atoms with Crippen molar-refractivity contribution in [2.75, 3.05) is 13.2 Å². The smallest absolute Gasteiger partial charge is 0.388 e. The number of rotatable bonds is 0. The van der Waals surface area contributed by atoms with E-state index >= 15 is 0 Å². The van der Waals surface area contributed by atoms with Gasteiger partial charge in [-0.25, -0.2) is 9.13 Å². The molecule has 3 heterocycles. The van der Waals surface area contributed by atoms with Crippen molar-refractivity contribution in [3.8, 4) is 0 Å². The predicted octanol–water partition coefficient (Wildman–Crippen LogP) is -2.49. The fourth-order valence-corrected chi connectivity index (χ4v) is 4.69. The Kier molecular flexibility index (Phi) is 6.07. The molecule has 3 rings (SSSR count). The van der Waals surface area contributed by atoms with Crippen molar-refractivity contribution >= 4 is 31.3 Å². The van der Waals surface area contributed by atoms with Crippen LogP contribution in [0.4, 0.5) is 0 Å². The third-order valence-corrected chi connectivity index (χ3v) is 6.03. The molecule has 0 aromatic carbocycles. The molecule has 0 aliphatic carbocycles. The SMILES string of the molecule is [B][C@@H]1O[C@@H]2COP(=O)(O)OC3[C@@H](COP(=O)(O)OC2[C@@H]1O)O[C@@H]([B])[C@H]3O. The molecule has 26 heavy (non-hydrogen) atoms. The monoisotopic (exact) mass is 412 g/mol. The second kappa shape index (κ2) is 7.55. The van der Waals surface area contributed by atoms with Crippen LogP contribution in [-0.2, 0) is 36.7 Å². The lowest BCUT2D eigenvalue weighted by atomic mass is 9.93. The molecule has 4 radical (unpaired) electrons. The normalized spacial score (nSPS) is 56.2. The van der Waals surface area contributed by atoms with Crippen molar-refractivity contribution in [2.24, 2.45) is 0 Å². The Morgan fingerprint density at radius 2 is 1.12 bits per heavy atom. The number of aliphatic hydroxyl groups excluding tert-OH is 2. The van der Waals surface area contributed by atoms with Crippen molar-refractivity contribution in [2.45, 2.75) is 48.6 Å². The molecule has 0 aromatic heterocycles. The van der Waals surface area contributed by atoms with E-state index in [2.05, 4.69) is 0 Å². The highest BCUT2D eigenvalue weighted by atomic mass is 31.2. The number of aliphatic hydroxyl groups is 2. The number of phosphoric ester groups is 2. The Bertz CT molecular complexity index is 571. The van der Waals surface area contributed by atoms with Gasteiger partial charge in [0.25, 0.3) is 0 Å². The highest BCUT2D eigenvalue weighted by Gasteiger charge is 2.50. The van der Waals surface area contributed by atoms with Crippen LogP contribution in [0.1, 0.15) is 0 Å². The molecule has 3 aliphatic rings. The lowest BCUT2D eigenvalue weighted by molar-refractivity contribution is -0.0489. The highest BCUT2D eigenvalue weighted by molar-refractivity contribution is 7.47. The third-order valence-electron chi connectivity index (χ3n) is 4.06. The van der Waals surface area contributed by atoms with Crippen LogP contribution in [-0.4, -0.2) is 97.5 Å². The van der Waals surface area contributed by atoms with Gasteiger partial charge < -0.3 is 29.5 Å². The van der Waals surface area contributed by atoms with Gasteiger partial charge in [-0.15, -0.1) is 0 Å². The van der Waals surface area contributed by atoms with Crippen molar-refractivity contribution in [3.63, 3.8) is 0 Å². The molecule has 0 aromatic rings. The van der Waals surface area contributed by atoms with E-state index in [4.69, 9.17) is 43.3 Å². The largest absolute Gasteiger partial charge is 0.472 e. The quantitative estimate of drug-likeness (QED) is 0.244. The number of phosphoric acid groups is 2. The number of hydrogen-bond donors (Lipinski definition) is 4. The summed E-state index contributed by atoms with van der Waals surface area (Å²) in [5.74, 6) is 0. The first-order valence-electron chi connectivity index (χ1n) is 7.49. The van der Waals surface area contributed by atoms with E-state index in [1.807, 2.05) is 0 Å². The summed E-state index contributed by atoms with van der Waals surface area (Å²) in [6.07, 6.45) is -8.55. The Balaban J connectivity index is 1.85. The number of hydrogen-bond acceptors (Lipinski definition) is 10. The summed E-state index contributed by atoms with van der Waals surface area (Å²) < 4.78 is 53.7. The molecular weight excluding hydrogens is 396 g/mol. The number of ether oxygens (including phenoxy) is 2. The molecule has 0 saturated carbocycles. The van der Waals surface area contributed by atoms with Crippen LogP contribution < -0.4 is 0 Å². The first-order chi connectivity index (χ1) is 12.0. The molecule has 144 valence electrons. The van der Waals surface area contributed by atoms with Gasteiger partial charge in [0.15, 0.2) is 0 Å². The Morgan fingerprint density at radius 3 is 1.46 bits per heavy atom.